The highest BCUT2D eigenvalue weighted by Gasteiger charge is 2.21. The van der Waals surface area contributed by atoms with Crippen molar-refractivity contribution in [3.8, 4) is 0 Å². The van der Waals surface area contributed by atoms with Crippen LogP contribution < -0.4 is 16.0 Å². The second-order valence-corrected chi connectivity index (χ2v) is 5.25. The third kappa shape index (κ3) is 4.30. The average molecular weight is 351 g/mol. The van der Waals surface area contributed by atoms with E-state index in [1.165, 1.54) is 0 Å². The summed E-state index contributed by atoms with van der Waals surface area (Å²) in [5.74, 6) is -0.426. The molecule has 1 aliphatic rings. The third-order valence-corrected chi connectivity index (χ3v) is 3.62. The lowest BCUT2D eigenvalue weighted by Gasteiger charge is -2.12. The van der Waals surface area contributed by atoms with E-state index in [1.807, 2.05) is 0 Å². The predicted molar refractivity (Wildman–Crippen MR) is 91.1 cm³/mol. The summed E-state index contributed by atoms with van der Waals surface area (Å²) in [6.07, 6.45) is 4.24. The van der Waals surface area contributed by atoms with Crippen LogP contribution >= 0.6 is 12.4 Å². The van der Waals surface area contributed by atoms with E-state index in [9.17, 15) is 9.59 Å². The number of halogens is 1. The molecule has 0 saturated heterocycles. The van der Waals surface area contributed by atoms with E-state index in [2.05, 4.69) is 31.1 Å². The van der Waals surface area contributed by atoms with Gasteiger partial charge in [0.2, 0.25) is 5.91 Å². The van der Waals surface area contributed by atoms with Crippen molar-refractivity contribution < 1.29 is 9.59 Å². The number of aromatic amines is 1. The molecular formula is C15H19ClN6O2. The summed E-state index contributed by atoms with van der Waals surface area (Å²) in [6, 6.07) is 3.42. The van der Waals surface area contributed by atoms with Gasteiger partial charge >= 0.3 is 0 Å². The zero-order chi connectivity index (χ0) is 16.1. The molecule has 0 unspecified atom stereocenters. The van der Waals surface area contributed by atoms with Gasteiger partial charge in [-0.3, -0.25) is 19.7 Å². The molecule has 2 amide bonds. The molecule has 0 spiro atoms. The van der Waals surface area contributed by atoms with Crippen LogP contribution in [0, 0.1) is 0 Å². The number of carbonyl (C=O) groups is 2. The van der Waals surface area contributed by atoms with Crippen LogP contribution in [0.4, 0.5) is 5.69 Å². The number of fused-ring (bicyclic) bond motifs is 1. The third-order valence-electron chi connectivity index (χ3n) is 3.62. The molecule has 0 atom stereocenters. The number of carbonyl (C=O) groups excluding carboxylic acids is 2. The van der Waals surface area contributed by atoms with E-state index in [-0.39, 0.29) is 37.2 Å². The van der Waals surface area contributed by atoms with E-state index in [4.69, 9.17) is 0 Å². The van der Waals surface area contributed by atoms with Crippen LogP contribution in [0.2, 0.25) is 0 Å². The van der Waals surface area contributed by atoms with Crippen molar-refractivity contribution in [3.05, 3.63) is 41.5 Å². The molecule has 0 aliphatic carbocycles. The van der Waals surface area contributed by atoms with Gasteiger partial charge < -0.3 is 16.0 Å². The van der Waals surface area contributed by atoms with Gasteiger partial charge in [-0.2, -0.15) is 5.10 Å². The van der Waals surface area contributed by atoms with Crippen LogP contribution in [0.5, 0.6) is 0 Å². The normalized spacial score (nSPS) is 12.7. The van der Waals surface area contributed by atoms with Crippen molar-refractivity contribution in [2.45, 2.75) is 19.4 Å². The lowest BCUT2D eigenvalue weighted by Crippen LogP contribution is -2.30. The van der Waals surface area contributed by atoms with Crippen LogP contribution in [-0.4, -0.2) is 40.1 Å². The van der Waals surface area contributed by atoms with E-state index in [0.717, 1.165) is 24.2 Å². The molecule has 4 N–H and O–H groups in total. The Morgan fingerprint density at radius 2 is 2.04 bits per heavy atom. The van der Waals surface area contributed by atoms with Crippen molar-refractivity contribution >= 4 is 29.9 Å². The Morgan fingerprint density at radius 3 is 2.83 bits per heavy atom. The molecule has 0 aromatic carbocycles. The Hall–Kier alpha value is -2.45. The SMILES string of the molecule is Cl.O=C(CCNC(=O)c1n[nH]c2c1CNCC2)Nc1ccncc1. The smallest absolute Gasteiger partial charge is 0.272 e. The Balaban J connectivity index is 0.00000208. The molecule has 1 aliphatic heterocycles. The van der Waals surface area contributed by atoms with Gasteiger partial charge in [0.05, 0.1) is 0 Å². The highest BCUT2D eigenvalue weighted by atomic mass is 35.5. The summed E-state index contributed by atoms with van der Waals surface area (Å²) < 4.78 is 0. The largest absolute Gasteiger partial charge is 0.350 e. The minimum atomic E-state index is -0.261. The molecule has 24 heavy (non-hydrogen) atoms. The van der Waals surface area contributed by atoms with Gasteiger partial charge in [0.15, 0.2) is 5.69 Å². The van der Waals surface area contributed by atoms with Crippen LogP contribution in [0.3, 0.4) is 0 Å². The van der Waals surface area contributed by atoms with Crippen LogP contribution in [0.15, 0.2) is 24.5 Å². The quantitative estimate of drug-likeness (QED) is 0.632. The Morgan fingerprint density at radius 1 is 1.25 bits per heavy atom. The fraction of sp³-hybridized carbons (Fsp3) is 0.333. The first kappa shape index (κ1) is 17.9. The molecule has 0 saturated carbocycles. The van der Waals surface area contributed by atoms with E-state index >= 15 is 0 Å². The van der Waals surface area contributed by atoms with E-state index in [1.54, 1.807) is 24.5 Å². The van der Waals surface area contributed by atoms with Gasteiger partial charge in [-0.1, -0.05) is 0 Å². The molecule has 0 bridgehead atoms. The zero-order valence-corrected chi connectivity index (χ0v) is 13.8. The number of H-pyrrole nitrogens is 1. The predicted octanol–water partition coefficient (Wildman–Crippen LogP) is 0.631. The molecule has 2 aromatic heterocycles. The molecule has 9 heteroatoms. The maximum Gasteiger partial charge on any atom is 0.272 e. The lowest BCUT2D eigenvalue weighted by atomic mass is 10.1. The number of nitrogens with zero attached hydrogens (tertiary/aromatic N) is 2. The summed E-state index contributed by atoms with van der Waals surface area (Å²) >= 11 is 0. The monoisotopic (exact) mass is 350 g/mol. The summed E-state index contributed by atoms with van der Waals surface area (Å²) in [7, 11) is 0. The van der Waals surface area contributed by atoms with Crippen molar-refractivity contribution in [2.24, 2.45) is 0 Å². The molecule has 3 rings (SSSR count). The summed E-state index contributed by atoms with van der Waals surface area (Å²) in [5.41, 5.74) is 3.00. The van der Waals surface area contributed by atoms with E-state index < -0.39 is 0 Å². The molecular weight excluding hydrogens is 332 g/mol. The average Bonchev–Trinajstić information content (AvgIpc) is 3.00. The highest BCUT2D eigenvalue weighted by molar-refractivity contribution is 5.95. The van der Waals surface area contributed by atoms with Gasteiger partial charge in [-0.25, -0.2) is 0 Å². The molecule has 8 nitrogen and oxygen atoms in total. The van der Waals surface area contributed by atoms with Crippen molar-refractivity contribution in [2.75, 3.05) is 18.4 Å². The second kappa shape index (κ2) is 8.42. The number of rotatable bonds is 5. The number of amides is 2. The van der Waals surface area contributed by atoms with Gasteiger partial charge in [-0.05, 0) is 12.1 Å². The van der Waals surface area contributed by atoms with Crippen molar-refractivity contribution in [1.29, 1.82) is 0 Å². The topological polar surface area (TPSA) is 112 Å². The summed E-state index contributed by atoms with van der Waals surface area (Å²) in [6.45, 7) is 1.77. The van der Waals surface area contributed by atoms with Gasteiger partial charge in [0.25, 0.3) is 5.91 Å². The van der Waals surface area contributed by atoms with Gasteiger partial charge in [-0.15, -0.1) is 12.4 Å². The lowest BCUT2D eigenvalue weighted by molar-refractivity contribution is -0.116. The van der Waals surface area contributed by atoms with Crippen molar-refractivity contribution in [3.63, 3.8) is 0 Å². The van der Waals surface area contributed by atoms with Crippen LogP contribution in [-0.2, 0) is 17.8 Å². The minimum absolute atomic E-state index is 0. The summed E-state index contributed by atoms with van der Waals surface area (Å²) in [4.78, 5) is 27.8. The molecule has 2 aromatic rings. The van der Waals surface area contributed by atoms with Crippen LogP contribution in [0.1, 0.15) is 28.2 Å². The Kier molecular flexibility index (Phi) is 6.28. The maximum absolute atomic E-state index is 12.2. The number of anilines is 1. The van der Waals surface area contributed by atoms with Gasteiger partial charge in [0.1, 0.15) is 0 Å². The Labute approximate surface area is 145 Å². The molecule has 0 fully saturated rings. The number of hydrogen-bond acceptors (Lipinski definition) is 5. The first-order valence-corrected chi connectivity index (χ1v) is 7.49. The molecule has 0 radical (unpaired) electrons. The maximum atomic E-state index is 12.2. The van der Waals surface area contributed by atoms with Gasteiger partial charge in [0, 0.05) is 61.8 Å². The Bertz CT molecular complexity index is 703. The second-order valence-electron chi connectivity index (χ2n) is 5.25. The fourth-order valence-electron chi connectivity index (χ4n) is 2.45. The number of pyridine rings is 1. The molecule has 128 valence electrons. The van der Waals surface area contributed by atoms with Crippen molar-refractivity contribution in [1.82, 2.24) is 25.8 Å². The standard InChI is InChI=1S/C15H18N6O2.ClH/c22-13(19-10-1-5-16-6-2-10)4-8-18-15(23)14-11-9-17-7-3-12(11)20-21-14;/h1-2,5-6,17H,3-4,7-9H2,(H,18,23)(H,20,21)(H,16,19,22);1H. The molecule has 3 heterocycles. The fourth-order valence-corrected chi connectivity index (χ4v) is 2.45. The minimum Gasteiger partial charge on any atom is -0.350 e. The zero-order valence-electron chi connectivity index (χ0n) is 13.0. The first-order valence-electron chi connectivity index (χ1n) is 7.49. The number of nitrogens with one attached hydrogen (secondary N) is 4. The van der Waals surface area contributed by atoms with E-state index in [0.29, 0.717) is 17.9 Å². The number of hydrogen-bond donors (Lipinski definition) is 4. The summed E-state index contributed by atoms with van der Waals surface area (Å²) in [5, 5.41) is 15.7. The first-order chi connectivity index (χ1) is 11.2. The van der Waals surface area contributed by atoms with Crippen LogP contribution in [0.25, 0.3) is 0 Å². The number of aromatic nitrogens is 3. The highest BCUT2D eigenvalue weighted by Crippen LogP contribution is 2.15.